The number of nitrogens with zero attached hydrogens (tertiary/aromatic N) is 1. The van der Waals surface area contributed by atoms with Crippen molar-refractivity contribution in [3.63, 3.8) is 0 Å². The van der Waals surface area contributed by atoms with Gasteiger partial charge in [0.05, 0.1) is 25.1 Å². The van der Waals surface area contributed by atoms with E-state index in [-0.39, 0.29) is 18.1 Å². The molecule has 0 N–H and O–H groups in total. The van der Waals surface area contributed by atoms with Gasteiger partial charge in [-0.15, -0.1) is 11.3 Å². The highest BCUT2D eigenvalue weighted by molar-refractivity contribution is 7.16. The number of benzene rings is 1. The van der Waals surface area contributed by atoms with Crippen LogP contribution in [0.15, 0.2) is 30.3 Å². The van der Waals surface area contributed by atoms with E-state index in [1.54, 1.807) is 23.1 Å². The molecule has 0 fully saturated rings. The Kier molecular flexibility index (Phi) is 7.29. The summed E-state index contributed by atoms with van der Waals surface area (Å²) in [7, 11) is 2.97. The monoisotopic (exact) mass is 397 g/mol. The minimum absolute atomic E-state index is 0.231. The van der Waals surface area contributed by atoms with Gasteiger partial charge in [0.1, 0.15) is 17.1 Å². The van der Waals surface area contributed by atoms with Crippen LogP contribution in [0.25, 0.3) is 0 Å². The molecule has 6 nitrogen and oxygen atoms in total. The third-order valence-corrected chi connectivity index (χ3v) is 4.88. The summed E-state index contributed by atoms with van der Waals surface area (Å²) >= 11 is 7.33. The Hall–Kier alpha value is -2.25. The summed E-state index contributed by atoms with van der Waals surface area (Å²) in [5.74, 6) is -0.0328. The number of amides is 1. The lowest BCUT2D eigenvalue weighted by molar-refractivity contribution is -0.134. The molecule has 0 radical (unpaired) electrons. The van der Waals surface area contributed by atoms with Crippen molar-refractivity contribution >= 4 is 34.8 Å². The summed E-state index contributed by atoms with van der Waals surface area (Å²) in [5, 5.41) is 0. The van der Waals surface area contributed by atoms with Crippen LogP contribution in [0.1, 0.15) is 22.2 Å². The van der Waals surface area contributed by atoms with Crippen LogP contribution < -0.4 is 9.47 Å². The summed E-state index contributed by atoms with van der Waals surface area (Å²) in [5.41, 5.74) is 0.231. The van der Waals surface area contributed by atoms with Gasteiger partial charge < -0.3 is 19.1 Å². The molecule has 8 heteroatoms. The van der Waals surface area contributed by atoms with E-state index in [1.165, 1.54) is 31.6 Å². The van der Waals surface area contributed by atoms with Gasteiger partial charge in [-0.1, -0.05) is 11.6 Å². The molecule has 1 heterocycles. The molecule has 0 saturated heterocycles. The Labute approximate surface area is 161 Å². The molecule has 26 heavy (non-hydrogen) atoms. The zero-order valence-corrected chi connectivity index (χ0v) is 16.4. The second-order valence-electron chi connectivity index (χ2n) is 5.26. The number of hydrogen-bond acceptors (Lipinski definition) is 6. The number of thiophene rings is 1. The van der Waals surface area contributed by atoms with Gasteiger partial charge in [-0.3, -0.25) is 4.79 Å². The number of methoxy groups -OCH3 is 2. The van der Waals surface area contributed by atoms with Crippen molar-refractivity contribution in [2.75, 3.05) is 27.4 Å². The Balaban J connectivity index is 1.98. The quantitative estimate of drug-likeness (QED) is 0.636. The number of esters is 1. The van der Waals surface area contributed by atoms with Gasteiger partial charge in [-0.2, -0.15) is 0 Å². The van der Waals surface area contributed by atoms with Gasteiger partial charge >= 0.3 is 5.97 Å². The molecular weight excluding hydrogens is 378 g/mol. The van der Waals surface area contributed by atoms with E-state index >= 15 is 0 Å². The first-order valence-electron chi connectivity index (χ1n) is 7.89. The van der Waals surface area contributed by atoms with Crippen molar-refractivity contribution in [1.82, 2.24) is 4.90 Å². The SMILES string of the molecule is CCN(Cc1ccc(Cl)s1)C(=O)COC(=O)c1ccc(OC)cc1OC. The fourth-order valence-electron chi connectivity index (χ4n) is 2.26. The van der Waals surface area contributed by atoms with Gasteiger partial charge in [0, 0.05) is 17.5 Å². The Morgan fingerprint density at radius 2 is 1.92 bits per heavy atom. The molecule has 0 spiro atoms. The van der Waals surface area contributed by atoms with Crippen LogP contribution in [0.5, 0.6) is 11.5 Å². The van der Waals surface area contributed by atoms with Gasteiger partial charge in [0.25, 0.3) is 5.91 Å². The maximum absolute atomic E-state index is 12.3. The van der Waals surface area contributed by atoms with Crippen molar-refractivity contribution < 1.29 is 23.8 Å². The Morgan fingerprint density at radius 3 is 2.50 bits per heavy atom. The normalized spacial score (nSPS) is 10.3. The molecule has 0 aliphatic heterocycles. The van der Waals surface area contributed by atoms with Crippen molar-refractivity contribution in [3.05, 3.63) is 45.1 Å². The van der Waals surface area contributed by atoms with E-state index < -0.39 is 5.97 Å². The van der Waals surface area contributed by atoms with Crippen molar-refractivity contribution in [2.24, 2.45) is 0 Å². The molecule has 1 amide bonds. The largest absolute Gasteiger partial charge is 0.497 e. The fraction of sp³-hybridized carbons (Fsp3) is 0.333. The highest BCUT2D eigenvalue weighted by atomic mass is 35.5. The zero-order chi connectivity index (χ0) is 19.1. The van der Waals surface area contributed by atoms with Crippen molar-refractivity contribution in [1.29, 1.82) is 0 Å². The average molecular weight is 398 g/mol. The van der Waals surface area contributed by atoms with Crippen LogP contribution in [0.4, 0.5) is 0 Å². The first-order valence-corrected chi connectivity index (χ1v) is 9.09. The highest BCUT2D eigenvalue weighted by Crippen LogP contribution is 2.25. The number of ether oxygens (including phenoxy) is 3. The minimum Gasteiger partial charge on any atom is -0.497 e. The molecule has 0 aliphatic carbocycles. The molecule has 0 bridgehead atoms. The minimum atomic E-state index is -0.631. The molecule has 0 unspecified atom stereocenters. The van der Waals surface area contributed by atoms with Crippen LogP contribution in [-0.2, 0) is 16.1 Å². The zero-order valence-electron chi connectivity index (χ0n) is 14.8. The van der Waals surface area contributed by atoms with Crippen LogP contribution >= 0.6 is 22.9 Å². The van der Waals surface area contributed by atoms with E-state index in [0.29, 0.717) is 28.9 Å². The van der Waals surface area contributed by atoms with Gasteiger partial charge in [-0.25, -0.2) is 4.79 Å². The maximum atomic E-state index is 12.3. The second-order valence-corrected chi connectivity index (χ2v) is 7.06. The lowest BCUT2D eigenvalue weighted by atomic mass is 10.2. The topological polar surface area (TPSA) is 65.1 Å². The Morgan fingerprint density at radius 1 is 1.15 bits per heavy atom. The smallest absolute Gasteiger partial charge is 0.342 e. The first kappa shape index (κ1) is 20.1. The van der Waals surface area contributed by atoms with Gasteiger partial charge in [-0.05, 0) is 31.2 Å². The van der Waals surface area contributed by atoms with Crippen LogP contribution in [-0.4, -0.2) is 44.1 Å². The lowest BCUT2D eigenvalue weighted by Crippen LogP contribution is -2.33. The van der Waals surface area contributed by atoms with E-state index in [0.717, 1.165) is 4.88 Å². The number of carbonyl (C=O) groups excluding carboxylic acids is 2. The molecule has 0 atom stereocenters. The average Bonchev–Trinajstić information content (AvgIpc) is 3.08. The standard InChI is InChI=1S/C18H20ClNO5S/c1-4-20(10-13-6-8-16(19)26-13)17(21)11-25-18(22)14-7-5-12(23-2)9-15(14)24-3/h5-9H,4,10-11H2,1-3H3. The van der Waals surface area contributed by atoms with Crippen LogP contribution in [0.3, 0.4) is 0 Å². The number of likely N-dealkylation sites (N-methyl/N-ethyl adjacent to an activating group) is 1. The fourth-order valence-corrected chi connectivity index (χ4v) is 3.37. The van der Waals surface area contributed by atoms with E-state index in [9.17, 15) is 9.59 Å². The summed E-state index contributed by atoms with van der Waals surface area (Å²) in [6.45, 7) is 2.44. The summed E-state index contributed by atoms with van der Waals surface area (Å²) < 4.78 is 16.1. The summed E-state index contributed by atoms with van der Waals surface area (Å²) in [6.07, 6.45) is 0. The van der Waals surface area contributed by atoms with E-state index in [1.807, 2.05) is 13.0 Å². The van der Waals surface area contributed by atoms with E-state index in [2.05, 4.69) is 0 Å². The molecule has 0 saturated carbocycles. The summed E-state index contributed by atoms with van der Waals surface area (Å²) in [6, 6.07) is 8.40. The number of rotatable bonds is 8. The Bertz CT molecular complexity index is 777. The molecule has 2 aromatic rings. The van der Waals surface area contributed by atoms with Crippen molar-refractivity contribution in [3.8, 4) is 11.5 Å². The first-order chi connectivity index (χ1) is 12.5. The van der Waals surface area contributed by atoms with Crippen LogP contribution in [0, 0.1) is 0 Å². The molecule has 140 valence electrons. The van der Waals surface area contributed by atoms with Crippen LogP contribution in [0.2, 0.25) is 4.34 Å². The number of hydrogen-bond donors (Lipinski definition) is 0. The third kappa shape index (κ3) is 5.12. The van der Waals surface area contributed by atoms with Gasteiger partial charge in [0.2, 0.25) is 0 Å². The second kappa shape index (κ2) is 9.45. The molecular formula is C18H20ClNO5S. The van der Waals surface area contributed by atoms with Gasteiger partial charge in [0.15, 0.2) is 6.61 Å². The number of halogens is 1. The third-order valence-electron chi connectivity index (χ3n) is 3.67. The summed E-state index contributed by atoms with van der Waals surface area (Å²) in [4.78, 5) is 27.2. The predicted molar refractivity (Wildman–Crippen MR) is 100 cm³/mol. The maximum Gasteiger partial charge on any atom is 0.342 e. The number of carbonyl (C=O) groups is 2. The molecule has 1 aromatic heterocycles. The molecule has 1 aromatic carbocycles. The predicted octanol–water partition coefficient (Wildman–Crippen LogP) is 3.62. The highest BCUT2D eigenvalue weighted by Gasteiger charge is 2.19. The van der Waals surface area contributed by atoms with E-state index in [4.69, 9.17) is 25.8 Å². The lowest BCUT2D eigenvalue weighted by Gasteiger charge is -2.20. The van der Waals surface area contributed by atoms with Crippen molar-refractivity contribution in [2.45, 2.75) is 13.5 Å². The molecule has 2 rings (SSSR count). The molecule has 0 aliphatic rings.